The molecule has 1 N–H and O–H groups in total. The van der Waals surface area contributed by atoms with Crippen LogP contribution in [0.5, 0.6) is 0 Å². The van der Waals surface area contributed by atoms with Gasteiger partial charge >= 0.3 is 0 Å². The molecule has 2 heterocycles. The molecule has 100 valence electrons. The largest absolute Gasteiger partial charge is 0.380 e. The van der Waals surface area contributed by atoms with E-state index in [2.05, 4.69) is 34.4 Å². The number of nitrogens with zero attached hydrogens (tertiary/aromatic N) is 2. The number of hydrogen-bond donors (Lipinski definition) is 1. The Morgan fingerprint density at radius 1 is 1.44 bits per heavy atom. The molecule has 1 fully saturated rings. The highest BCUT2D eigenvalue weighted by molar-refractivity contribution is 5.10. The molecule has 0 aromatic carbocycles. The molecular formula is C14H23N3O. The van der Waals surface area contributed by atoms with Crippen molar-refractivity contribution in [3.05, 3.63) is 30.1 Å². The van der Waals surface area contributed by atoms with Crippen LogP contribution in [0.4, 0.5) is 0 Å². The first-order chi connectivity index (χ1) is 8.81. The van der Waals surface area contributed by atoms with E-state index in [0.717, 1.165) is 32.6 Å². The Kier molecular flexibility index (Phi) is 5.11. The monoisotopic (exact) mass is 249 g/mol. The van der Waals surface area contributed by atoms with E-state index in [1.54, 1.807) is 0 Å². The third-order valence-corrected chi connectivity index (χ3v) is 3.77. The number of pyridine rings is 1. The van der Waals surface area contributed by atoms with Gasteiger partial charge < -0.3 is 10.1 Å². The van der Waals surface area contributed by atoms with Crippen LogP contribution in [0.2, 0.25) is 0 Å². The van der Waals surface area contributed by atoms with Crippen LogP contribution in [0.25, 0.3) is 0 Å². The molecule has 0 bridgehead atoms. The average Bonchev–Trinajstić information content (AvgIpc) is 2.45. The van der Waals surface area contributed by atoms with Gasteiger partial charge in [-0.1, -0.05) is 0 Å². The van der Waals surface area contributed by atoms with Gasteiger partial charge in [0, 0.05) is 37.6 Å². The Labute approximate surface area is 109 Å². The van der Waals surface area contributed by atoms with E-state index in [1.807, 2.05) is 19.4 Å². The topological polar surface area (TPSA) is 37.4 Å². The molecule has 18 heavy (non-hydrogen) atoms. The molecule has 2 unspecified atom stereocenters. The Bertz CT molecular complexity index is 344. The summed E-state index contributed by atoms with van der Waals surface area (Å²) < 4.78 is 5.60. The first kappa shape index (κ1) is 13.5. The quantitative estimate of drug-likeness (QED) is 0.842. The number of ether oxygens (including phenoxy) is 1. The van der Waals surface area contributed by atoms with Crippen LogP contribution in [-0.4, -0.2) is 55.8 Å². The Balaban J connectivity index is 1.85. The zero-order valence-electron chi connectivity index (χ0n) is 11.3. The van der Waals surface area contributed by atoms with Gasteiger partial charge in [0.15, 0.2) is 0 Å². The molecule has 4 heteroatoms. The van der Waals surface area contributed by atoms with Gasteiger partial charge in [0.1, 0.15) is 0 Å². The zero-order valence-corrected chi connectivity index (χ0v) is 11.3. The molecule has 4 nitrogen and oxygen atoms in total. The van der Waals surface area contributed by atoms with Gasteiger partial charge in [-0.15, -0.1) is 0 Å². The van der Waals surface area contributed by atoms with Crippen LogP contribution in [0.3, 0.4) is 0 Å². The van der Waals surface area contributed by atoms with Crippen molar-refractivity contribution in [1.29, 1.82) is 0 Å². The molecule has 0 saturated carbocycles. The predicted molar refractivity (Wildman–Crippen MR) is 72.6 cm³/mol. The Morgan fingerprint density at radius 2 is 2.22 bits per heavy atom. The number of nitrogens with one attached hydrogen (secondary N) is 1. The van der Waals surface area contributed by atoms with Gasteiger partial charge in [-0.3, -0.25) is 9.88 Å². The third-order valence-electron chi connectivity index (χ3n) is 3.77. The number of likely N-dealkylation sites (N-methyl/N-ethyl adjacent to an activating group) is 2. The third kappa shape index (κ3) is 3.51. The van der Waals surface area contributed by atoms with Crippen molar-refractivity contribution in [3.8, 4) is 0 Å². The normalized spacial score (nSPS) is 24.4. The van der Waals surface area contributed by atoms with Crippen LogP contribution in [0.1, 0.15) is 12.0 Å². The molecule has 1 saturated heterocycles. The maximum Gasteiger partial charge on any atom is 0.0636 e. The number of hydrogen-bond acceptors (Lipinski definition) is 4. The van der Waals surface area contributed by atoms with Gasteiger partial charge in [0.05, 0.1) is 6.61 Å². The molecule has 1 aromatic heterocycles. The fourth-order valence-corrected chi connectivity index (χ4v) is 2.51. The lowest BCUT2D eigenvalue weighted by molar-refractivity contribution is 0.00825. The zero-order chi connectivity index (χ0) is 12.8. The smallest absolute Gasteiger partial charge is 0.0636 e. The second kappa shape index (κ2) is 6.83. The van der Waals surface area contributed by atoms with Gasteiger partial charge in [0.25, 0.3) is 0 Å². The summed E-state index contributed by atoms with van der Waals surface area (Å²) in [5.74, 6) is 0. The lowest BCUT2D eigenvalue weighted by Gasteiger charge is -2.37. The van der Waals surface area contributed by atoms with Gasteiger partial charge in [-0.05, 0) is 44.6 Å². The molecule has 2 atom stereocenters. The van der Waals surface area contributed by atoms with E-state index >= 15 is 0 Å². The Morgan fingerprint density at radius 3 is 2.94 bits per heavy atom. The van der Waals surface area contributed by atoms with E-state index in [4.69, 9.17) is 4.74 Å². The van der Waals surface area contributed by atoms with E-state index in [-0.39, 0.29) is 0 Å². The minimum atomic E-state index is 0.477. The highest BCUT2D eigenvalue weighted by Crippen LogP contribution is 2.13. The van der Waals surface area contributed by atoms with E-state index in [0.29, 0.717) is 12.1 Å². The molecule has 0 aliphatic carbocycles. The first-order valence-electron chi connectivity index (χ1n) is 6.65. The second-order valence-corrected chi connectivity index (χ2v) is 4.91. The summed E-state index contributed by atoms with van der Waals surface area (Å²) in [4.78, 5) is 6.45. The first-order valence-corrected chi connectivity index (χ1v) is 6.65. The van der Waals surface area contributed by atoms with Crippen LogP contribution in [0, 0.1) is 0 Å². The standard InChI is InChI=1S/C14H23N3O/c1-15-13-6-10-18-11-14(13)17(2)9-5-12-3-7-16-8-4-12/h3-4,7-8,13-15H,5-6,9-11H2,1-2H3. The van der Waals surface area contributed by atoms with Gasteiger partial charge in [0.2, 0.25) is 0 Å². The fourth-order valence-electron chi connectivity index (χ4n) is 2.51. The van der Waals surface area contributed by atoms with Crippen LogP contribution in [0.15, 0.2) is 24.5 Å². The predicted octanol–water partition coefficient (Wildman–Crippen LogP) is 0.933. The van der Waals surface area contributed by atoms with Crippen molar-refractivity contribution in [2.45, 2.75) is 24.9 Å². The van der Waals surface area contributed by atoms with Crippen molar-refractivity contribution < 1.29 is 4.74 Å². The molecule has 0 spiro atoms. The summed E-state index contributed by atoms with van der Waals surface area (Å²) in [5.41, 5.74) is 1.34. The maximum absolute atomic E-state index is 5.60. The highest BCUT2D eigenvalue weighted by Gasteiger charge is 2.27. The summed E-state index contributed by atoms with van der Waals surface area (Å²) in [6.07, 6.45) is 5.87. The van der Waals surface area contributed by atoms with Crippen LogP contribution in [-0.2, 0) is 11.2 Å². The van der Waals surface area contributed by atoms with E-state index < -0.39 is 0 Å². The summed E-state index contributed by atoms with van der Waals surface area (Å²) in [7, 11) is 4.23. The highest BCUT2D eigenvalue weighted by atomic mass is 16.5. The SMILES string of the molecule is CNC1CCOCC1N(C)CCc1ccncc1. The fraction of sp³-hybridized carbons (Fsp3) is 0.643. The summed E-state index contributed by atoms with van der Waals surface area (Å²) >= 11 is 0. The molecule has 1 aromatic rings. The summed E-state index contributed by atoms with van der Waals surface area (Å²) in [6, 6.07) is 5.19. The lowest BCUT2D eigenvalue weighted by Crippen LogP contribution is -2.53. The Hall–Kier alpha value is -0.970. The van der Waals surface area contributed by atoms with Crippen molar-refractivity contribution in [1.82, 2.24) is 15.2 Å². The van der Waals surface area contributed by atoms with E-state index in [1.165, 1.54) is 5.56 Å². The summed E-state index contributed by atoms with van der Waals surface area (Å²) in [6.45, 7) is 2.76. The van der Waals surface area contributed by atoms with Gasteiger partial charge in [-0.2, -0.15) is 0 Å². The number of rotatable bonds is 5. The number of aromatic nitrogens is 1. The molecule has 0 amide bonds. The summed E-state index contributed by atoms with van der Waals surface area (Å²) in [5, 5.41) is 3.40. The maximum atomic E-state index is 5.60. The van der Waals surface area contributed by atoms with Gasteiger partial charge in [-0.25, -0.2) is 0 Å². The van der Waals surface area contributed by atoms with Crippen LogP contribution < -0.4 is 5.32 Å². The lowest BCUT2D eigenvalue weighted by atomic mass is 10.0. The van der Waals surface area contributed by atoms with Crippen LogP contribution >= 0.6 is 0 Å². The molecule has 1 aliphatic rings. The molecule has 2 rings (SSSR count). The minimum absolute atomic E-state index is 0.477. The van der Waals surface area contributed by atoms with Crippen molar-refractivity contribution in [2.75, 3.05) is 33.9 Å². The molecule has 1 aliphatic heterocycles. The average molecular weight is 249 g/mol. The second-order valence-electron chi connectivity index (χ2n) is 4.91. The van der Waals surface area contributed by atoms with Crippen molar-refractivity contribution in [2.24, 2.45) is 0 Å². The minimum Gasteiger partial charge on any atom is -0.380 e. The van der Waals surface area contributed by atoms with Crippen molar-refractivity contribution >= 4 is 0 Å². The molecule has 0 radical (unpaired) electrons. The molecular weight excluding hydrogens is 226 g/mol. The van der Waals surface area contributed by atoms with E-state index in [9.17, 15) is 0 Å². The van der Waals surface area contributed by atoms with Crippen molar-refractivity contribution in [3.63, 3.8) is 0 Å².